The van der Waals surface area contributed by atoms with Crippen molar-refractivity contribution in [1.82, 2.24) is 9.97 Å². The molecule has 10 heteroatoms. The number of alkyl halides is 3. The SMILES string of the molecule is O=C(O)CNc1nc(Nc2cccc(O)c2)cc(C(F)(F)F)n1. The van der Waals surface area contributed by atoms with Crippen molar-refractivity contribution in [3.05, 3.63) is 36.0 Å². The second-order valence-electron chi connectivity index (χ2n) is 4.38. The lowest BCUT2D eigenvalue weighted by atomic mass is 10.3. The van der Waals surface area contributed by atoms with Crippen molar-refractivity contribution < 1.29 is 28.2 Å². The molecule has 0 aliphatic rings. The summed E-state index contributed by atoms with van der Waals surface area (Å²) in [5.74, 6) is -2.03. The van der Waals surface area contributed by atoms with Crippen LogP contribution < -0.4 is 10.6 Å². The fraction of sp³-hybridized carbons (Fsp3) is 0.154. The summed E-state index contributed by atoms with van der Waals surface area (Å²) in [5, 5.41) is 22.7. The van der Waals surface area contributed by atoms with E-state index in [1.54, 1.807) is 0 Å². The number of benzene rings is 1. The van der Waals surface area contributed by atoms with Crippen molar-refractivity contribution in [1.29, 1.82) is 0 Å². The Balaban J connectivity index is 2.33. The fourth-order valence-corrected chi connectivity index (χ4v) is 1.62. The van der Waals surface area contributed by atoms with Crippen LogP contribution in [0.1, 0.15) is 5.69 Å². The van der Waals surface area contributed by atoms with Crippen molar-refractivity contribution in [2.24, 2.45) is 0 Å². The molecular weight excluding hydrogens is 317 g/mol. The van der Waals surface area contributed by atoms with Gasteiger partial charge in [-0.05, 0) is 12.1 Å². The van der Waals surface area contributed by atoms with E-state index in [1.807, 2.05) is 0 Å². The molecule has 122 valence electrons. The number of anilines is 3. The van der Waals surface area contributed by atoms with E-state index >= 15 is 0 Å². The van der Waals surface area contributed by atoms with E-state index in [9.17, 15) is 23.1 Å². The number of rotatable bonds is 5. The van der Waals surface area contributed by atoms with Crippen LogP contribution in [-0.2, 0) is 11.0 Å². The first-order valence-electron chi connectivity index (χ1n) is 6.22. The Morgan fingerprint density at radius 1 is 1.22 bits per heavy atom. The summed E-state index contributed by atoms with van der Waals surface area (Å²) >= 11 is 0. The molecule has 0 amide bonds. The highest BCUT2D eigenvalue weighted by molar-refractivity contribution is 5.72. The zero-order chi connectivity index (χ0) is 17.0. The molecule has 23 heavy (non-hydrogen) atoms. The van der Waals surface area contributed by atoms with E-state index < -0.39 is 30.3 Å². The molecule has 2 aromatic rings. The summed E-state index contributed by atoms with van der Waals surface area (Å²) in [6, 6.07) is 6.37. The van der Waals surface area contributed by atoms with Gasteiger partial charge in [-0.1, -0.05) is 6.07 Å². The van der Waals surface area contributed by atoms with Crippen molar-refractivity contribution in [2.75, 3.05) is 17.2 Å². The van der Waals surface area contributed by atoms with Crippen LogP contribution in [-0.4, -0.2) is 32.7 Å². The molecule has 1 aromatic carbocycles. The molecule has 1 aromatic heterocycles. The Morgan fingerprint density at radius 2 is 1.96 bits per heavy atom. The lowest BCUT2D eigenvalue weighted by Crippen LogP contribution is -2.17. The van der Waals surface area contributed by atoms with Crippen LogP contribution in [0.15, 0.2) is 30.3 Å². The number of aliphatic carboxylic acids is 1. The van der Waals surface area contributed by atoms with Crippen molar-refractivity contribution in [2.45, 2.75) is 6.18 Å². The lowest BCUT2D eigenvalue weighted by Gasteiger charge is -2.12. The molecule has 0 aliphatic carbocycles. The Kier molecular flexibility index (Phi) is 4.53. The van der Waals surface area contributed by atoms with E-state index in [0.29, 0.717) is 11.8 Å². The summed E-state index contributed by atoms with van der Waals surface area (Å²) in [4.78, 5) is 17.5. The van der Waals surface area contributed by atoms with Gasteiger partial charge in [0.05, 0.1) is 0 Å². The molecular formula is C13H11F3N4O3. The smallest absolute Gasteiger partial charge is 0.433 e. The van der Waals surface area contributed by atoms with E-state index in [0.717, 1.165) is 0 Å². The van der Waals surface area contributed by atoms with Gasteiger partial charge in [-0.15, -0.1) is 0 Å². The van der Waals surface area contributed by atoms with Gasteiger partial charge in [-0.2, -0.15) is 18.2 Å². The summed E-state index contributed by atoms with van der Waals surface area (Å²) in [7, 11) is 0. The number of carboxylic acids is 1. The maximum absolute atomic E-state index is 12.8. The molecule has 0 atom stereocenters. The third kappa shape index (κ3) is 4.73. The number of nitrogens with one attached hydrogen (secondary N) is 2. The molecule has 0 bridgehead atoms. The largest absolute Gasteiger partial charge is 0.508 e. The highest BCUT2D eigenvalue weighted by atomic mass is 19.4. The first-order chi connectivity index (χ1) is 10.7. The van der Waals surface area contributed by atoms with Gasteiger partial charge in [0.2, 0.25) is 5.95 Å². The number of hydrogen-bond donors (Lipinski definition) is 4. The van der Waals surface area contributed by atoms with Crippen molar-refractivity contribution >= 4 is 23.4 Å². The van der Waals surface area contributed by atoms with E-state index in [2.05, 4.69) is 20.6 Å². The quantitative estimate of drug-likeness (QED) is 0.668. The highest BCUT2D eigenvalue weighted by Gasteiger charge is 2.33. The topological polar surface area (TPSA) is 107 Å². The summed E-state index contributed by atoms with van der Waals surface area (Å²) in [6.07, 6.45) is -4.72. The summed E-state index contributed by atoms with van der Waals surface area (Å²) in [6.45, 7) is -0.632. The van der Waals surface area contributed by atoms with Crippen LogP contribution >= 0.6 is 0 Å². The van der Waals surface area contributed by atoms with Crippen molar-refractivity contribution in [3.63, 3.8) is 0 Å². The fourth-order valence-electron chi connectivity index (χ4n) is 1.62. The van der Waals surface area contributed by atoms with Crippen LogP contribution in [0.5, 0.6) is 5.75 Å². The number of carbonyl (C=O) groups is 1. The van der Waals surface area contributed by atoms with E-state index in [-0.39, 0.29) is 11.6 Å². The van der Waals surface area contributed by atoms with Gasteiger partial charge in [0, 0.05) is 17.8 Å². The number of carboxylic acid groups (broad SMARTS) is 1. The van der Waals surface area contributed by atoms with Crippen LogP contribution in [0, 0.1) is 0 Å². The molecule has 7 nitrogen and oxygen atoms in total. The molecule has 0 saturated heterocycles. The van der Waals surface area contributed by atoms with Crippen LogP contribution in [0.4, 0.5) is 30.6 Å². The zero-order valence-corrected chi connectivity index (χ0v) is 11.4. The monoisotopic (exact) mass is 328 g/mol. The average Bonchev–Trinajstić information content (AvgIpc) is 2.44. The van der Waals surface area contributed by atoms with E-state index in [4.69, 9.17) is 5.11 Å². The van der Waals surface area contributed by atoms with Gasteiger partial charge in [0.15, 0.2) is 5.69 Å². The number of hydrogen-bond acceptors (Lipinski definition) is 6. The summed E-state index contributed by atoms with van der Waals surface area (Å²) < 4.78 is 38.5. The number of aromatic hydroxyl groups is 1. The first-order valence-corrected chi connectivity index (χ1v) is 6.22. The van der Waals surface area contributed by atoms with Gasteiger partial charge in [0.25, 0.3) is 0 Å². The predicted octanol–water partition coefficient (Wildman–Crippen LogP) is 2.44. The average molecular weight is 328 g/mol. The normalized spacial score (nSPS) is 11.1. The van der Waals surface area contributed by atoms with Gasteiger partial charge in [0.1, 0.15) is 18.1 Å². The van der Waals surface area contributed by atoms with Crippen molar-refractivity contribution in [3.8, 4) is 5.75 Å². The van der Waals surface area contributed by atoms with Crippen LogP contribution in [0.2, 0.25) is 0 Å². The van der Waals surface area contributed by atoms with Crippen LogP contribution in [0.3, 0.4) is 0 Å². The molecule has 2 rings (SSSR count). The Morgan fingerprint density at radius 3 is 2.57 bits per heavy atom. The maximum Gasteiger partial charge on any atom is 0.433 e. The highest BCUT2D eigenvalue weighted by Crippen LogP contribution is 2.30. The zero-order valence-electron chi connectivity index (χ0n) is 11.4. The number of halogens is 3. The maximum atomic E-state index is 12.8. The lowest BCUT2D eigenvalue weighted by molar-refractivity contribution is -0.141. The van der Waals surface area contributed by atoms with E-state index in [1.165, 1.54) is 24.3 Å². The molecule has 0 unspecified atom stereocenters. The minimum Gasteiger partial charge on any atom is -0.508 e. The third-order valence-corrected chi connectivity index (χ3v) is 2.53. The molecule has 0 aliphatic heterocycles. The third-order valence-electron chi connectivity index (χ3n) is 2.53. The number of phenols is 1. The van der Waals surface area contributed by atoms with Gasteiger partial charge in [-0.3, -0.25) is 4.79 Å². The standard InChI is InChI=1S/C13H11F3N4O3/c14-13(15,16)9-5-10(18-7-2-1-3-8(21)4-7)20-12(19-9)17-6-11(22)23/h1-5,21H,6H2,(H,22,23)(H2,17,18,19,20). The first kappa shape index (κ1) is 16.3. The second-order valence-corrected chi connectivity index (χ2v) is 4.38. The molecule has 0 radical (unpaired) electrons. The molecule has 0 spiro atoms. The Bertz CT molecular complexity index is 722. The van der Waals surface area contributed by atoms with Crippen LogP contribution in [0.25, 0.3) is 0 Å². The minimum absolute atomic E-state index is 0.0793. The predicted molar refractivity (Wildman–Crippen MR) is 74.5 cm³/mol. The Labute approximate surface area is 127 Å². The molecule has 1 heterocycles. The number of aromatic nitrogens is 2. The number of nitrogens with zero attached hydrogens (tertiary/aromatic N) is 2. The number of phenolic OH excluding ortho intramolecular Hbond substituents is 1. The summed E-state index contributed by atoms with van der Waals surface area (Å²) in [5.41, 5.74) is -0.927. The molecule has 0 fully saturated rings. The van der Waals surface area contributed by atoms with Gasteiger partial charge < -0.3 is 20.8 Å². The second kappa shape index (κ2) is 6.38. The molecule has 0 saturated carbocycles. The minimum atomic E-state index is -4.72. The Hall–Kier alpha value is -3.04. The van der Waals surface area contributed by atoms with Gasteiger partial charge >= 0.3 is 12.1 Å². The van der Waals surface area contributed by atoms with Gasteiger partial charge in [-0.25, -0.2) is 4.98 Å². The molecule has 4 N–H and O–H groups in total.